The van der Waals surface area contributed by atoms with Crippen molar-refractivity contribution < 1.29 is 4.79 Å². The van der Waals surface area contributed by atoms with Gasteiger partial charge in [0.1, 0.15) is 0 Å². The van der Waals surface area contributed by atoms with E-state index >= 15 is 0 Å². The normalized spacial score (nSPS) is 12.2. The summed E-state index contributed by atoms with van der Waals surface area (Å²) in [7, 11) is 0. The summed E-state index contributed by atoms with van der Waals surface area (Å²) in [4.78, 5) is 14.1. The first-order valence-electron chi connectivity index (χ1n) is 6.51. The molecule has 0 aliphatic rings. The van der Waals surface area contributed by atoms with Crippen LogP contribution in [0, 0.1) is 5.92 Å². The van der Waals surface area contributed by atoms with Gasteiger partial charge in [0.2, 0.25) is 5.91 Å². The van der Waals surface area contributed by atoms with Crippen molar-refractivity contribution in [2.75, 3.05) is 6.54 Å². The highest BCUT2D eigenvalue weighted by Gasteiger charge is 2.18. The van der Waals surface area contributed by atoms with E-state index < -0.39 is 0 Å². The molecule has 0 unspecified atom stereocenters. The lowest BCUT2D eigenvalue weighted by Gasteiger charge is -2.24. The van der Waals surface area contributed by atoms with E-state index in [-0.39, 0.29) is 11.8 Å². The van der Waals surface area contributed by atoms with Gasteiger partial charge in [0.15, 0.2) is 0 Å². The van der Waals surface area contributed by atoms with Gasteiger partial charge in [0.25, 0.3) is 0 Å². The Bertz CT molecular complexity index is 334. The van der Waals surface area contributed by atoms with Crippen molar-refractivity contribution in [1.82, 2.24) is 4.90 Å². The Labute approximate surface area is 105 Å². The molecule has 1 aromatic carbocycles. The van der Waals surface area contributed by atoms with Gasteiger partial charge in [0, 0.05) is 19.0 Å². The van der Waals surface area contributed by atoms with Crippen molar-refractivity contribution in [3.05, 3.63) is 35.9 Å². The van der Waals surface area contributed by atoms with Gasteiger partial charge in [-0.05, 0) is 18.9 Å². The average Bonchev–Trinajstić information content (AvgIpc) is 2.36. The Morgan fingerprint density at radius 1 is 1.24 bits per heavy atom. The highest BCUT2D eigenvalue weighted by atomic mass is 16.2. The third-order valence-corrected chi connectivity index (χ3v) is 3.05. The number of carbonyl (C=O) groups excluding carboxylic acids is 1. The van der Waals surface area contributed by atoms with E-state index in [0.29, 0.717) is 0 Å². The summed E-state index contributed by atoms with van der Waals surface area (Å²) in [5.41, 5.74) is 1.20. The van der Waals surface area contributed by atoms with Crippen molar-refractivity contribution in [3.8, 4) is 0 Å². The first-order valence-corrected chi connectivity index (χ1v) is 6.51. The molecule has 2 nitrogen and oxygen atoms in total. The molecule has 0 aliphatic carbocycles. The van der Waals surface area contributed by atoms with Gasteiger partial charge in [-0.15, -0.1) is 0 Å². The first kappa shape index (κ1) is 13.8. The Morgan fingerprint density at radius 2 is 1.88 bits per heavy atom. The molecule has 0 heterocycles. The maximum Gasteiger partial charge on any atom is 0.225 e. The molecule has 94 valence electrons. The summed E-state index contributed by atoms with van der Waals surface area (Å²) >= 11 is 0. The maximum absolute atomic E-state index is 12.2. The molecule has 0 fully saturated rings. The lowest BCUT2D eigenvalue weighted by atomic mass is 10.0. The van der Waals surface area contributed by atoms with Gasteiger partial charge in [-0.3, -0.25) is 4.79 Å². The molecular formula is C15H23NO. The predicted octanol–water partition coefficient (Wildman–Crippen LogP) is 3.47. The third kappa shape index (κ3) is 4.22. The Hall–Kier alpha value is -1.31. The average molecular weight is 233 g/mol. The molecule has 0 saturated carbocycles. The van der Waals surface area contributed by atoms with Crippen LogP contribution in [0.3, 0.4) is 0 Å². The minimum absolute atomic E-state index is 0.142. The number of amides is 1. The van der Waals surface area contributed by atoms with Crippen molar-refractivity contribution >= 4 is 5.91 Å². The monoisotopic (exact) mass is 233 g/mol. The third-order valence-electron chi connectivity index (χ3n) is 3.05. The molecule has 0 saturated heterocycles. The van der Waals surface area contributed by atoms with E-state index in [4.69, 9.17) is 0 Å². The Balaban J connectivity index is 2.62. The molecule has 0 aromatic heterocycles. The van der Waals surface area contributed by atoms with Crippen LogP contribution in [0.4, 0.5) is 0 Å². The summed E-state index contributed by atoms with van der Waals surface area (Å²) in [6.45, 7) is 7.70. The molecule has 0 spiro atoms. The molecule has 17 heavy (non-hydrogen) atoms. The number of hydrogen-bond donors (Lipinski definition) is 0. The minimum atomic E-state index is 0.142. The van der Waals surface area contributed by atoms with E-state index in [2.05, 4.69) is 19.1 Å². The van der Waals surface area contributed by atoms with Gasteiger partial charge < -0.3 is 4.90 Å². The number of nitrogens with zero attached hydrogens (tertiary/aromatic N) is 1. The lowest BCUT2D eigenvalue weighted by molar-refractivity contribution is -0.135. The van der Waals surface area contributed by atoms with Gasteiger partial charge in [-0.25, -0.2) is 0 Å². The molecule has 1 amide bonds. The highest BCUT2D eigenvalue weighted by molar-refractivity contribution is 5.78. The zero-order valence-corrected chi connectivity index (χ0v) is 11.1. The molecule has 0 aliphatic heterocycles. The predicted molar refractivity (Wildman–Crippen MR) is 71.6 cm³/mol. The topological polar surface area (TPSA) is 20.3 Å². The summed E-state index contributed by atoms with van der Waals surface area (Å²) in [5.74, 6) is 0.418. The zero-order chi connectivity index (χ0) is 12.7. The van der Waals surface area contributed by atoms with Crippen LogP contribution < -0.4 is 0 Å². The fourth-order valence-corrected chi connectivity index (χ4v) is 2.02. The quantitative estimate of drug-likeness (QED) is 0.736. The van der Waals surface area contributed by atoms with Crippen molar-refractivity contribution in [3.63, 3.8) is 0 Å². The summed E-state index contributed by atoms with van der Waals surface area (Å²) in [6, 6.07) is 10.2. The maximum atomic E-state index is 12.2. The van der Waals surface area contributed by atoms with Gasteiger partial charge >= 0.3 is 0 Å². The second-order valence-electron chi connectivity index (χ2n) is 4.53. The van der Waals surface area contributed by atoms with E-state index in [0.717, 1.165) is 25.9 Å². The van der Waals surface area contributed by atoms with Crippen LogP contribution in [0.2, 0.25) is 0 Å². The van der Waals surface area contributed by atoms with Crippen LogP contribution in [0.15, 0.2) is 30.3 Å². The molecule has 1 aromatic rings. The van der Waals surface area contributed by atoms with Crippen molar-refractivity contribution in [2.45, 2.75) is 40.2 Å². The van der Waals surface area contributed by atoms with E-state index in [9.17, 15) is 4.79 Å². The highest BCUT2D eigenvalue weighted by Crippen LogP contribution is 2.12. The summed E-state index contributed by atoms with van der Waals surface area (Å²) < 4.78 is 0. The second kappa shape index (κ2) is 7.10. The number of carbonyl (C=O) groups is 1. The lowest BCUT2D eigenvalue weighted by Crippen LogP contribution is -2.34. The molecule has 0 N–H and O–H groups in total. The van der Waals surface area contributed by atoms with E-state index in [1.807, 2.05) is 36.9 Å². The Morgan fingerprint density at radius 3 is 2.41 bits per heavy atom. The fourth-order valence-electron chi connectivity index (χ4n) is 2.02. The molecule has 0 radical (unpaired) electrons. The van der Waals surface area contributed by atoms with Gasteiger partial charge in [-0.1, -0.05) is 50.6 Å². The fraction of sp³-hybridized carbons (Fsp3) is 0.533. The standard InChI is InChI=1S/C15H23NO/c1-4-9-13(3)15(17)16(5-2)12-14-10-7-6-8-11-14/h6-8,10-11,13H,4-5,9,12H2,1-3H3/t13-/m1/s1. The van der Waals surface area contributed by atoms with Crippen LogP contribution in [0.25, 0.3) is 0 Å². The summed E-state index contributed by atoms with van der Waals surface area (Å²) in [6.07, 6.45) is 2.04. The smallest absolute Gasteiger partial charge is 0.225 e. The van der Waals surface area contributed by atoms with E-state index in [1.165, 1.54) is 5.56 Å². The summed E-state index contributed by atoms with van der Waals surface area (Å²) in [5, 5.41) is 0. The molecular weight excluding hydrogens is 210 g/mol. The molecule has 2 heteroatoms. The number of rotatable bonds is 6. The van der Waals surface area contributed by atoms with Crippen LogP contribution >= 0.6 is 0 Å². The van der Waals surface area contributed by atoms with E-state index in [1.54, 1.807) is 0 Å². The Kier molecular flexibility index (Phi) is 5.75. The van der Waals surface area contributed by atoms with Gasteiger partial charge in [-0.2, -0.15) is 0 Å². The van der Waals surface area contributed by atoms with Crippen molar-refractivity contribution in [2.24, 2.45) is 5.92 Å². The molecule has 1 atom stereocenters. The van der Waals surface area contributed by atoms with Crippen LogP contribution in [0.5, 0.6) is 0 Å². The van der Waals surface area contributed by atoms with Crippen LogP contribution in [0.1, 0.15) is 39.2 Å². The zero-order valence-electron chi connectivity index (χ0n) is 11.1. The number of benzene rings is 1. The minimum Gasteiger partial charge on any atom is -0.338 e. The molecule has 1 rings (SSSR count). The molecule has 0 bridgehead atoms. The van der Waals surface area contributed by atoms with Crippen LogP contribution in [-0.4, -0.2) is 17.4 Å². The first-order chi connectivity index (χ1) is 8.19. The van der Waals surface area contributed by atoms with Crippen LogP contribution in [-0.2, 0) is 11.3 Å². The van der Waals surface area contributed by atoms with Gasteiger partial charge in [0.05, 0.1) is 0 Å². The largest absolute Gasteiger partial charge is 0.338 e. The second-order valence-corrected chi connectivity index (χ2v) is 4.53. The van der Waals surface area contributed by atoms with Crippen molar-refractivity contribution in [1.29, 1.82) is 0 Å². The SMILES string of the molecule is CCC[C@@H](C)C(=O)N(CC)Cc1ccccc1. The number of hydrogen-bond acceptors (Lipinski definition) is 1.